The maximum atomic E-state index is 5.12. The van der Waals surface area contributed by atoms with Crippen molar-refractivity contribution in [1.29, 1.82) is 0 Å². The van der Waals surface area contributed by atoms with Gasteiger partial charge in [-0.1, -0.05) is 12.1 Å². The van der Waals surface area contributed by atoms with Crippen LogP contribution in [0.1, 0.15) is 19.8 Å². The third kappa shape index (κ3) is 1.70. The summed E-state index contributed by atoms with van der Waals surface area (Å²) in [5.74, 6) is 0. The Balaban J connectivity index is 2.22. The van der Waals surface area contributed by atoms with Crippen LogP contribution in [0, 0.1) is 0 Å². The molecule has 1 N–H and O–H groups in total. The minimum atomic E-state index is 0.278. The van der Waals surface area contributed by atoms with Crippen LogP contribution in [-0.4, -0.2) is 25.4 Å². The van der Waals surface area contributed by atoms with E-state index in [4.69, 9.17) is 4.84 Å². The summed E-state index contributed by atoms with van der Waals surface area (Å²) in [6, 6.07) is 0. The molecule has 1 unspecified atom stereocenters. The molecule has 1 aliphatic heterocycles. The van der Waals surface area contributed by atoms with Crippen molar-refractivity contribution in [3.8, 4) is 0 Å². The van der Waals surface area contributed by atoms with Crippen molar-refractivity contribution in [1.82, 2.24) is 5.32 Å². The van der Waals surface area contributed by atoms with Crippen molar-refractivity contribution in [3.05, 3.63) is 0 Å². The summed E-state index contributed by atoms with van der Waals surface area (Å²) in [5, 5.41) is 6.99. The summed E-state index contributed by atoms with van der Waals surface area (Å²) < 4.78 is 0. The van der Waals surface area contributed by atoms with Crippen molar-refractivity contribution in [2.45, 2.75) is 25.9 Å². The lowest BCUT2D eigenvalue weighted by Crippen LogP contribution is -2.23. The van der Waals surface area contributed by atoms with Gasteiger partial charge in [0, 0.05) is 13.0 Å². The molecule has 1 aliphatic rings. The molecule has 0 saturated heterocycles. The molecule has 0 aromatic heterocycles. The molecule has 0 radical (unpaired) electrons. The number of hydrogen-bond acceptors (Lipinski definition) is 3. The Hall–Kier alpha value is -0.570. The van der Waals surface area contributed by atoms with Gasteiger partial charge < -0.3 is 10.2 Å². The molecule has 0 fully saturated rings. The average Bonchev–Trinajstić information content (AvgIpc) is 2.37. The van der Waals surface area contributed by atoms with Crippen LogP contribution in [0.15, 0.2) is 5.16 Å². The van der Waals surface area contributed by atoms with Gasteiger partial charge in [-0.25, -0.2) is 0 Å². The zero-order chi connectivity index (χ0) is 7.40. The summed E-state index contributed by atoms with van der Waals surface area (Å²) in [5.41, 5.74) is 1.18. The molecule has 0 bridgehead atoms. The standard InChI is InChI=1S/C7H14N2O/c1-3-6-4-7(5-8-2)10-9-6/h7-8H,3-5H2,1-2H3. The zero-order valence-corrected chi connectivity index (χ0v) is 6.55. The van der Waals surface area contributed by atoms with E-state index in [0.717, 1.165) is 19.4 Å². The zero-order valence-electron chi connectivity index (χ0n) is 6.55. The molecule has 0 spiro atoms. The van der Waals surface area contributed by atoms with Gasteiger partial charge in [-0.2, -0.15) is 0 Å². The minimum absolute atomic E-state index is 0.278. The molecule has 1 atom stereocenters. The van der Waals surface area contributed by atoms with Crippen molar-refractivity contribution in [2.24, 2.45) is 5.16 Å². The second-order valence-corrected chi connectivity index (χ2v) is 2.50. The van der Waals surface area contributed by atoms with Crippen LogP contribution < -0.4 is 5.32 Å². The molecule has 0 amide bonds. The molecular weight excluding hydrogens is 128 g/mol. The summed E-state index contributed by atoms with van der Waals surface area (Å²) >= 11 is 0. The van der Waals surface area contributed by atoms with E-state index in [9.17, 15) is 0 Å². The van der Waals surface area contributed by atoms with Gasteiger partial charge in [0.2, 0.25) is 0 Å². The molecule has 0 aromatic rings. The first-order chi connectivity index (χ1) is 4.86. The van der Waals surface area contributed by atoms with E-state index in [0.29, 0.717) is 0 Å². The highest BCUT2D eigenvalue weighted by Gasteiger charge is 2.17. The number of rotatable bonds is 3. The third-order valence-electron chi connectivity index (χ3n) is 1.63. The van der Waals surface area contributed by atoms with Crippen molar-refractivity contribution in [3.63, 3.8) is 0 Å². The van der Waals surface area contributed by atoms with E-state index in [-0.39, 0.29) is 6.10 Å². The molecule has 0 aliphatic carbocycles. The second kappa shape index (κ2) is 3.56. The monoisotopic (exact) mass is 142 g/mol. The molecule has 1 heterocycles. The molecule has 58 valence electrons. The average molecular weight is 142 g/mol. The number of likely N-dealkylation sites (N-methyl/N-ethyl adjacent to an activating group) is 1. The van der Waals surface area contributed by atoms with Crippen LogP contribution >= 0.6 is 0 Å². The Morgan fingerprint density at radius 1 is 1.80 bits per heavy atom. The summed E-state index contributed by atoms with van der Waals surface area (Å²) in [7, 11) is 1.92. The van der Waals surface area contributed by atoms with Gasteiger partial charge in [0.05, 0.1) is 5.71 Å². The molecule has 3 nitrogen and oxygen atoms in total. The highest BCUT2D eigenvalue weighted by Crippen LogP contribution is 2.10. The number of hydrogen-bond donors (Lipinski definition) is 1. The van der Waals surface area contributed by atoms with Gasteiger partial charge in [0.1, 0.15) is 6.10 Å². The molecule has 0 saturated carbocycles. The SMILES string of the molecule is CCC1=NOC(CNC)C1. The highest BCUT2D eigenvalue weighted by molar-refractivity contribution is 5.85. The van der Waals surface area contributed by atoms with E-state index in [1.807, 2.05) is 7.05 Å². The Kier molecular flexibility index (Phi) is 2.68. The Morgan fingerprint density at radius 2 is 2.60 bits per heavy atom. The maximum absolute atomic E-state index is 5.12. The van der Waals surface area contributed by atoms with Crippen molar-refractivity contribution < 1.29 is 4.84 Å². The first kappa shape index (κ1) is 7.54. The van der Waals surface area contributed by atoms with Gasteiger partial charge in [-0.3, -0.25) is 0 Å². The van der Waals surface area contributed by atoms with Crippen LogP contribution in [0.25, 0.3) is 0 Å². The lowest BCUT2D eigenvalue weighted by Gasteiger charge is -2.04. The van der Waals surface area contributed by atoms with Crippen LogP contribution in [0.2, 0.25) is 0 Å². The van der Waals surface area contributed by atoms with Crippen LogP contribution in [0.3, 0.4) is 0 Å². The second-order valence-electron chi connectivity index (χ2n) is 2.50. The predicted octanol–water partition coefficient (Wildman–Crippen LogP) is 0.761. The fourth-order valence-corrected chi connectivity index (χ4v) is 1.03. The Labute approximate surface area is 61.4 Å². The molecule has 10 heavy (non-hydrogen) atoms. The van der Waals surface area contributed by atoms with E-state index in [2.05, 4.69) is 17.4 Å². The van der Waals surface area contributed by atoms with Gasteiger partial charge >= 0.3 is 0 Å². The normalized spacial score (nSPS) is 24.2. The predicted molar refractivity (Wildman–Crippen MR) is 41.1 cm³/mol. The topological polar surface area (TPSA) is 33.6 Å². The third-order valence-corrected chi connectivity index (χ3v) is 1.63. The summed E-state index contributed by atoms with van der Waals surface area (Å²) in [6.07, 6.45) is 2.29. The van der Waals surface area contributed by atoms with Gasteiger partial charge in [0.25, 0.3) is 0 Å². The van der Waals surface area contributed by atoms with Gasteiger partial charge in [-0.05, 0) is 13.5 Å². The lowest BCUT2D eigenvalue weighted by atomic mass is 10.1. The highest BCUT2D eigenvalue weighted by atomic mass is 16.6. The molecule has 3 heteroatoms. The summed E-state index contributed by atoms with van der Waals surface area (Å²) in [6.45, 7) is 3.00. The largest absolute Gasteiger partial charge is 0.391 e. The Morgan fingerprint density at radius 3 is 3.10 bits per heavy atom. The van der Waals surface area contributed by atoms with Crippen molar-refractivity contribution in [2.75, 3.05) is 13.6 Å². The minimum Gasteiger partial charge on any atom is -0.391 e. The number of nitrogens with zero attached hydrogens (tertiary/aromatic N) is 1. The first-order valence-electron chi connectivity index (χ1n) is 3.73. The van der Waals surface area contributed by atoms with Crippen LogP contribution in [0.4, 0.5) is 0 Å². The van der Waals surface area contributed by atoms with E-state index in [1.54, 1.807) is 0 Å². The van der Waals surface area contributed by atoms with Crippen LogP contribution in [0.5, 0.6) is 0 Å². The van der Waals surface area contributed by atoms with Gasteiger partial charge in [0.15, 0.2) is 0 Å². The fraction of sp³-hybridized carbons (Fsp3) is 0.857. The molecular formula is C7H14N2O. The number of nitrogens with one attached hydrogen (secondary N) is 1. The van der Waals surface area contributed by atoms with Crippen molar-refractivity contribution >= 4 is 5.71 Å². The fourth-order valence-electron chi connectivity index (χ4n) is 1.03. The maximum Gasteiger partial charge on any atom is 0.145 e. The first-order valence-corrected chi connectivity index (χ1v) is 3.73. The Bertz CT molecular complexity index is 134. The molecule has 1 rings (SSSR count). The number of oxime groups is 1. The quantitative estimate of drug-likeness (QED) is 0.631. The van der Waals surface area contributed by atoms with E-state index >= 15 is 0 Å². The van der Waals surface area contributed by atoms with Gasteiger partial charge in [-0.15, -0.1) is 0 Å². The smallest absolute Gasteiger partial charge is 0.145 e. The lowest BCUT2D eigenvalue weighted by molar-refractivity contribution is 0.0866. The van der Waals surface area contributed by atoms with E-state index < -0.39 is 0 Å². The van der Waals surface area contributed by atoms with Crippen LogP contribution in [-0.2, 0) is 4.84 Å². The van der Waals surface area contributed by atoms with E-state index in [1.165, 1.54) is 5.71 Å². The summed E-state index contributed by atoms with van der Waals surface area (Å²) in [4.78, 5) is 5.12. The molecule has 0 aromatic carbocycles.